The van der Waals surface area contributed by atoms with Gasteiger partial charge >= 0.3 is 0 Å². The van der Waals surface area contributed by atoms with E-state index < -0.39 is 0 Å². The molecule has 0 saturated carbocycles. The normalized spacial score (nSPS) is 21.3. The van der Waals surface area contributed by atoms with Crippen LogP contribution in [-0.2, 0) is 13.1 Å². The van der Waals surface area contributed by atoms with Crippen LogP contribution in [0.2, 0.25) is 0 Å². The van der Waals surface area contributed by atoms with Crippen LogP contribution >= 0.6 is 0 Å². The zero-order valence-corrected chi connectivity index (χ0v) is 11.8. The van der Waals surface area contributed by atoms with E-state index >= 15 is 0 Å². The first-order valence-corrected chi connectivity index (χ1v) is 7.17. The van der Waals surface area contributed by atoms with Gasteiger partial charge in [-0.2, -0.15) is 0 Å². The summed E-state index contributed by atoms with van der Waals surface area (Å²) >= 11 is 0. The fraction of sp³-hybridized carbons (Fsp3) is 0.562. The minimum absolute atomic E-state index is 0.197. The third-order valence-electron chi connectivity index (χ3n) is 4.27. The highest BCUT2D eigenvalue weighted by Crippen LogP contribution is 2.29. The van der Waals surface area contributed by atoms with E-state index in [-0.39, 0.29) is 11.3 Å². The number of rotatable bonds is 1. The van der Waals surface area contributed by atoms with Gasteiger partial charge < -0.3 is 10.2 Å². The van der Waals surface area contributed by atoms with Gasteiger partial charge in [-0.3, -0.25) is 4.79 Å². The van der Waals surface area contributed by atoms with Crippen molar-refractivity contribution in [2.75, 3.05) is 13.1 Å². The third-order valence-corrected chi connectivity index (χ3v) is 4.27. The van der Waals surface area contributed by atoms with Crippen LogP contribution < -0.4 is 5.32 Å². The molecule has 1 saturated heterocycles. The molecule has 102 valence electrons. The zero-order chi connectivity index (χ0) is 13.5. The second kappa shape index (κ2) is 4.64. The summed E-state index contributed by atoms with van der Waals surface area (Å²) in [7, 11) is 0. The highest BCUT2D eigenvalue weighted by Gasteiger charge is 2.29. The van der Waals surface area contributed by atoms with Crippen molar-refractivity contribution in [1.29, 1.82) is 0 Å². The molecule has 3 heteroatoms. The molecular weight excluding hydrogens is 236 g/mol. The minimum atomic E-state index is 0.197. The van der Waals surface area contributed by atoms with E-state index in [1.807, 2.05) is 11.0 Å². The Morgan fingerprint density at radius 2 is 2.05 bits per heavy atom. The minimum Gasteiger partial charge on any atom is -0.338 e. The fourth-order valence-corrected chi connectivity index (χ4v) is 3.21. The number of piperidine rings is 1. The molecule has 0 unspecified atom stereocenters. The van der Waals surface area contributed by atoms with Crippen molar-refractivity contribution in [1.82, 2.24) is 10.2 Å². The molecule has 2 heterocycles. The van der Waals surface area contributed by atoms with E-state index in [2.05, 4.69) is 31.3 Å². The lowest BCUT2D eigenvalue weighted by molar-refractivity contribution is 0.0583. The monoisotopic (exact) mass is 258 g/mol. The van der Waals surface area contributed by atoms with Crippen LogP contribution in [0, 0.1) is 5.41 Å². The molecule has 2 aliphatic heterocycles. The average Bonchev–Trinajstić information content (AvgIpc) is 2.83. The summed E-state index contributed by atoms with van der Waals surface area (Å²) in [6.07, 6.45) is 2.33. The SMILES string of the molecule is CC1(C)CCCN(C(=O)c2ccc3c(c2)CNC3)C1. The molecule has 0 atom stereocenters. The molecular formula is C16H22N2O. The van der Waals surface area contributed by atoms with Gasteiger partial charge in [0.05, 0.1) is 0 Å². The zero-order valence-electron chi connectivity index (χ0n) is 11.8. The van der Waals surface area contributed by atoms with Crippen molar-refractivity contribution in [3.63, 3.8) is 0 Å². The number of benzene rings is 1. The molecule has 3 rings (SSSR count). The van der Waals surface area contributed by atoms with Crippen LogP contribution in [0.5, 0.6) is 0 Å². The summed E-state index contributed by atoms with van der Waals surface area (Å²) < 4.78 is 0. The molecule has 0 aromatic heterocycles. The molecule has 0 spiro atoms. The first-order chi connectivity index (χ1) is 9.05. The van der Waals surface area contributed by atoms with Crippen LogP contribution in [0.15, 0.2) is 18.2 Å². The number of fused-ring (bicyclic) bond motifs is 1. The van der Waals surface area contributed by atoms with E-state index in [0.717, 1.165) is 38.2 Å². The van der Waals surface area contributed by atoms with E-state index in [0.29, 0.717) is 0 Å². The lowest BCUT2D eigenvalue weighted by atomic mass is 9.84. The van der Waals surface area contributed by atoms with Crippen LogP contribution in [0.3, 0.4) is 0 Å². The highest BCUT2D eigenvalue weighted by molar-refractivity contribution is 5.94. The Kier molecular flexibility index (Phi) is 3.09. The van der Waals surface area contributed by atoms with Gasteiger partial charge in [0, 0.05) is 31.7 Å². The summed E-state index contributed by atoms with van der Waals surface area (Å²) in [5.74, 6) is 0.197. The lowest BCUT2D eigenvalue weighted by Crippen LogP contribution is -2.43. The molecule has 0 aliphatic carbocycles. The molecule has 0 radical (unpaired) electrons. The molecule has 1 aromatic carbocycles. The second-order valence-corrected chi connectivity index (χ2v) is 6.58. The van der Waals surface area contributed by atoms with Crippen molar-refractivity contribution in [3.05, 3.63) is 34.9 Å². The second-order valence-electron chi connectivity index (χ2n) is 6.58. The molecule has 1 aromatic rings. The number of hydrogen-bond donors (Lipinski definition) is 1. The quantitative estimate of drug-likeness (QED) is 0.839. The van der Waals surface area contributed by atoms with Gasteiger partial charge in [-0.1, -0.05) is 19.9 Å². The van der Waals surface area contributed by atoms with Crippen molar-refractivity contribution >= 4 is 5.91 Å². The molecule has 3 nitrogen and oxygen atoms in total. The summed E-state index contributed by atoms with van der Waals surface area (Å²) in [6, 6.07) is 6.15. The van der Waals surface area contributed by atoms with Crippen molar-refractivity contribution in [2.24, 2.45) is 5.41 Å². The Bertz CT molecular complexity index is 507. The molecule has 1 fully saturated rings. The maximum absolute atomic E-state index is 12.6. The van der Waals surface area contributed by atoms with Crippen molar-refractivity contribution in [3.8, 4) is 0 Å². The van der Waals surface area contributed by atoms with Gasteiger partial charge in [0.1, 0.15) is 0 Å². The number of amides is 1. The number of nitrogens with one attached hydrogen (secondary N) is 1. The maximum Gasteiger partial charge on any atom is 0.253 e. The van der Waals surface area contributed by atoms with Crippen LogP contribution in [0.25, 0.3) is 0 Å². The predicted octanol–water partition coefficient (Wildman–Crippen LogP) is 2.55. The smallest absolute Gasteiger partial charge is 0.253 e. The van der Waals surface area contributed by atoms with E-state index in [1.54, 1.807) is 0 Å². The summed E-state index contributed by atoms with van der Waals surface area (Å²) in [5.41, 5.74) is 3.71. The van der Waals surface area contributed by atoms with Crippen LogP contribution in [0.1, 0.15) is 48.2 Å². The van der Waals surface area contributed by atoms with E-state index in [9.17, 15) is 4.79 Å². The van der Waals surface area contributed by atoms with Gasteiger partial charge in [0.15, 0.2) is 0 Å². The molecule has 0 bridgehead atoms. The number of carbonyl (C=O) groups is 1. The fourth-order valence-electron chi connectivity index (χ4n) is 3.21. The number of likely N-dealkylation sites (tertiary alicyclic amines) is 1. The Balaban J connectivity index is 1.80. The number of nitrogens with zero attached hydrogens (tertiary/aromatic N) is 1. The molecule has 1 amide bonds. The summed E-state index contributed by atoms with van der Waals surface area (Å²) in [4.78, 5) is 14.6. The van der Waals surface area contributed by atoms with E-state index in [1.165, 1.54) is 17.5 Å². The van der Waals surface area contributed by atoms with Crippen LogP contribution in [0.4, 0.5) is 0 Å². The summed E-state index contributed by atoms with van der Waals surface area (Å²) in [5, 5.41) is 3.32. The molecule has 1 N–H and O–H groups in total. The lowest BCUT2D eigenvalue weighted by Gasteiger charge is -2.38. The predicted molar refractivity (Wildman–Crippen MR) is 75.9 cm³/mol. The van der Waals surface area contributed by atoms with Crippen molar-refractivity contribution in [2.45, 2.75) is 39.8 Å². The summed E-state index contributed by atoms with van der Waals surface area (Å²) in [6.45, 7) is 8.10. The number of carbonyl (C=O) groups excluding carboxylic acids is 1. The molecule has 2 aliphatic rings. The van der Waals surface area contributed by atoms with Gasteiger partial charge in [0.25, 0.3) is 5.91 Å². The molecule has 19 heavy (non-hydrogen) atoms. The average molecular weight is 258 g/mol. The Hall–Kier alpha value is -1.35. The highest BCUT2D eigenvalue weighted by atomic mass is 16.2. The topological polar surface area (TPSA) is 32.3 Å². The standard InChI is InChI=1S/C16H22N2O/c1-16(2)6-3-7-18(11-16)15(19)12-4-5-13-9-17-10-14(13)8-12/h4-5,8,17H,3,6-7,9-11H2,1-2H3. The Morgan fingerprint density at radius 3 is 2.84 bits per heavy atom. The maximum atomic E-state index is 12.6. The first-order valence-electron chi connectivity index (χ1n) is 7.17. The third kappa shape index (κ3) is 2.52. The van der Waals surface area contributed by atoms with Gasteiger partial charge in [-0.05, 0) is 41.5 Å². The number of hydrogen-bond acceptors (Lipinski definition) is 2. The van der Waals surface area contributed by atoms with Gasteiger partial charge in [0.2, 0.25) is 0 Å². The van der Waals surface area contributed by atoms with E-state index in [4.69, 9.17) is 0 Å². The first kappa shape index (κ1) is 12.7. The van der Waals surface area contributed by atoms with Crippen molar-refractivity contribution < 1.29 is 4.79 Å². The van der Waals surface area contributed by atoms with Gasteiger partial charge in [-0.25, -0.2) is 0 Å². The Morgan fingerprint density at radius 1 is 1.26 bits per heavy atom. The largest absolute Gasteiger partial charge is 0.338 e. The van der Waals surface area contributed by atoms with Crippen LogP contribution in [-0.4, -0.2) is 23.9 Å². The van der Waals surface area contributed by atoms with Gasteiger partial charge in [-0.15, -0.1) is 0 Å². The Labute approximate surface area is 115 Å².